The molecule has 0 atom stereocenters. The van der Waals surface area contributed by atoms with E-state index >= 15 is 0 Å². The van der Waals surface area contributed by atoms with E-state index in [1.807, 2.05) is 18.2 Å². The van der Waals surface area contributed by atoms with Gasteiger partial charge in [-0.3, -0.25) is 4.79 Å². The smallest absolute Gasteiger partial charge is 0.247 e. The Morgan fingerprint density at radius 3 is 2.57 bits per heavy atom. The predicted molar refractivity (Wildman–Crippen MR) is 90.6 cm³/mol. The number of pyridine rings is 1. The summed E-state index contributed by atoms with van der Waals surface area (Å²) in [6.45, 7) is 7.44. The fourth-order valence-electron chi connectivity index (χ4n) is 3.87. The Bertz CT molecular complexity index is 723. The molecule has 1 aromatic heterocycles. The lowest BCUT2D eigenvalue weighted by Gasteiger charge is -2.32. The molecule has 1 aromatic carbocycles. The summed E-state index contributed by atoms with van der Waals surface area (Å²) in [5, 5.41) is 2.28. The summed E-state index contributed by atoms with van der Waals surface area (Å²) >= 11 is 0. The zero-order valence-corrected chi connectivity index (χ0v) is 14.1. The van der Waals surface area contributed by atoms with Crippen molar-refractivity contribution in [3.63, 3.8) is 0 Å². The molecule has 0 spiro atoms. The minimum Gasteiger partial charge on any atom is -0.493 e. The summed E-state index contributed by atoms with van der Waals surface area (Å²) in [6, 6.07) is 9.34. The molecule has 21 heavy (non-hydrogen) atoms. The number of ether oxygens (including phenoxy) is 1. The minimum atomic E-state index is -1.71. The molecule has 112 valence electrons. The number of H-pyrrole nitrogens is 1. The van der Waals surface area contributed by atoms with E-state index in [4.69, 9.17) is 4.74 Å². The monoisotopic (exact) mass is 301 g/mol. The van der Waals surface area contributed by atoms with E-state index in [2.05, 4.69) is 25.8 Å². The first-order valence-electron chi connectivity index (χ1n) is 7.98. The normalized spacial score (nSPS) is 14.2. The zero-order chi connectivity index (χ0) is 15.0. The van der Waals surface area contributed by atoms with Crippen LogP contribution in [0.15, 0.2) is 23.0 Å². The van der Waals surface area contributed by atoms with Crippen LogP contribution in [-0.4, -0.2) is 19.7 Å². The fourth-order valence-corrected chi connectivity index (χ4v) is 7.86. The van der Waals surface area contributed by atoms with Crippen molar-refractivity contribution in [2.75, 3.05) is 6.61 Å². The van der Waals surface area contributed by atoms with Crippen LogP contribution in [0, 0.1) is 0 Å². The summed E-state index contributed by atoms with van der Waals surface area (Å²) < 4.78 is 5.80. The number of aromatic amines is 1. The lowest BCUT2D eigenvalue weighted by molar-refractivity contribution is 0.318. The van der Waals surface area contributed by atoms with Gasteiger partial charge in [0.05, 0.1) is 20.2 Å². The Morgan fingerprint density at radius 2 is 1.90 bits per heavy atom. The van der Waals surface area contributed by atoms with Gasteiger partial charge in [0.2, 0.25) is 5.56 Å². The third kappa shape index (κ3) is 2.04. The Balaban J connectivity index is 2.42. The molecule has 4 heteroatoms. The number of hydrogen-bond donors (Lipinski definition) is 1. The van der Waals surface area contributed by atoms with Crippen molar-refractivity contribution in [2.24, 2.45) is 0 Å². The van der Waals surface area contributed by atoms with Gasteiger partial charge in [0, 0.05) is 17.0 Å². The first kappa shape index (κ1) is 14.4. The number of hydrogen-bond acceptors (Lipinski definition) is 2. The van der Waals surface area contributed by atoms with Crippen LogP contribution in [0.25, 0.3) is 10.9 Å². The molecule has 0 fully saturated rings. The van der Waals surface area contributed by atoms with Crippen LogP contribution in [0.1, 0.15) is 26.3 Å². The SMILES string of the molecule is CC[Si](CC)(CC)c1c2c3c(cccc3[nH]c1=O)OCC2. The third-order valence-corrected chi connectivity index (χ3v) is 10.9. The predicted octanol–water partition coefficient (Wildman–Crippen LogP) is 3.18. The molecule has 3 rings (SSSR count). The highest BCUT2D eigenvalue weighted by Crippen LogP contribution is 2.32. The van der Waals surface area contributed by atoms with E-state index in [0.717, 1.165) is 46.4 Å². The number of benzene rings is 1. The molecule has 0 unspecified atom stereocenters. The molecule has 2 aromatic rings. The van der Waals surface area contributed by atoms with Crippen molar-refractivity contribution in [3.8, 4) is 5.75 Å². The van der Waals surface area contributed by atoms with Gasteiger partial charge in [0.25, 0.3) is 0 Å². The highest BCUT2D eigenvalue weighted by molar-refractivity contribution is 6.92. The van der Waals surface area contributed by atoms with Crippen molar-refractivity contribution >= 4 is 24.2 Å². The van der Waals surface area contributed by atoms with E-state index in [1.165, 1.54) is 5.56 Å². The largest absolute Gasteiger partial charge is 0.493 e. The van der Waals surface area contributed by atoms with Crippen LogP contribution in [-0.2, 0) is 6.42 Å². The van der Waals surface area contributed by atoms with E-state index in [9.17, 15) is 4.79 Å². The van der Waals surface area contributed by atoms with Gasteiger partial charge in [-0.05, 0) is 17.7 Å². The molecular formula is C17H23NO2Si. The summed E-state index contributed by atoms with van der Waals surface area (Å²) in [5.74, 6) is 0.928. The van der Waals surface area contributed by atoms with Crippen LogP contribution in [0.4, 0.5) is 0 Å². The first-order valence-corrected chi connectivity index (χ1v) is 10.6. The van der Waals surface area contributed by atoms with Crippen molar-refractivity contribution in [1.82, 2.24) is 4.98 Å². The molecule has 0 saturated heterocycles. The number of nitrogens with one attached hydrogen (secondary N) is 1. The van der Waals surface area contributed by atoms with Crippen LogP contribution < -0.4 is 15.5 Å². The third-order valence-electron chi connectivity index (χ3n) is 5.28. The maximum atomic E-state index is 12.8. The van der Waals surface area contributed by atoms with E-state index < -0.39 is 8.07 Å². The summed E-state index contributed by atoms with van der Waals surface area (Å²) in [4.78, 5) is 15.9. The molecule has 2 heterocycles. The Kier molecular flexibility index (Phi) is 3.65. The van der Waals surface area contributed by atoms with E-state index in [0.29, 0.717) is 6.61 Å². The average Bonchev–Trinajstić information content (AvgIpc) is 2.52. The molecule has 0 bridgehead atoms. The highest BCUT2D eigenvalue weighted by Gasteiger charge is 2.36. The van der Waals surface area contributed by atoms with Crippen molar-refractivity contribution in [2.45, 2.75) is 45.3 Å². The minimum absolute atomic E-state index is 0.147. The summed E-state index contributed by atoms with van der Waals surface area (Å²) in [7, 11) is -1.71. The topological polar surface area (TPSA) is 42.1 Å². The molecule has 0 amide bonds. The summed E-state index contributed by atoms with van der Waals surface area (Å²) in [6.07, 6.45) is 0.863. The lowest BCUT2D eigenvalue weighted by Crippen LogP contribution is -2.56. The van der Waals surface area contributed by atoms with Crippen molar-refractivity contribution in [3.05, 3.63) is 34.1 Å². The van der Waals surface area contributed by atoms with Gasteiger partial charge < -0.3 is 9.72 Å². The van der Waals surface area contributed by atoms with Gasteiger partial charge in [0.15, 0.2) is 0 Å². The molecule has 1 N–H and O–H groups in total. The molecular weight excluding hydrogens is 278 g/mol. The standard InChI is InChI=1S/C17H23NO2Si/c1-4-21(5-2,6-3)16-12-10-11-20-14-9-7-8-13(15(12)14)18-17(16)19/h7-9H,4-6,10-11H2,1-3H3,(H,18,19). The van der Waals surface area contributed by atoms with Gasteiger partial charge in [-0.15, -0.1) is 0 Å². The second-order valence-corrected chi connectivity index (χ2v) is 11.1. The Morgan fingerprint density at radius 1 is 1.19 bits per heavy atom. The van der Waals surface area contributed by atoms with Crippen molar-refractivity contribution < 1.29 is 4.74 Å². The fraction of sp³-hybridized carbons (Fsp3) is 0.471. The van der Waals surface area contributed by atoms with Gasteiger partial charge in [-0.1, -0.05) is 45.0 Å². The van der Waals surface area contributed by atoms with Crippen LogP contribution in [0.3, 0.4) is 0 Å². The summed E-state index contributed by atoms with van der Waals surface area (Å²) in [5.41, 5.74) is 2.34. The van der Waals surface area contributed by atoms with E-state index in [1.54, 1.807) is 0 Å². The lowest BCUT2D eigenvalue weighted by atomic mass is 10.0. The molecule has 1 aliphatic heterocycles. The van der Waals surface area contributed by atoms with Gasteiger partial charge >= 0.3 is 0 Å². The number of rotatable bonds is 4. The second kappa shape index (κ2) is 5.33. The average molecular weight is 301 g/mol. The Labute approximate surface area is 126 Å². The van der Waals surface area contributed by atoms with Gasteiger partial charge in [0.1, 0.15) is 5.75 Å². The number of aromatic nitrogens is 1. The Hall–Kier alpha value is -1.55. The molecule has 1 aliphatic rings. The van der Waals surface area contributed by atoms with Crippen LogP contribution >= 0.6 is 0 Å². The maximum Gasteiger partial charge on any atom is 0.247 e. The van der Waals surface area contributed by atoms with Gasteiger partial charge in [-0.25, -0.2) is 0 Å². The maximum absolute atomic E-state index is 12.8. The highest BCUT2D eigenvalue weighted by atomic mass is 28.3. The quantitative estimate of drug-likeness (QED) is 0.881. The second-order valence-electron chi connectivity index (χ2n) is 5.93. The van der Waals surface area contributed by atoms with E-state index in [-0.39, 0.29) is 5.56 Å². The van der Waals surface area contributed by atoms with Crippen LogP contribution in [0.2, 0.25) is 18.1 Å². The first-order chi connectivity index (χ1) is 10.2. The molecule has 0 saturated carbocycles. The molecule has 0 radical (unpaired) electrons. The van der Waals surface area contributed by atoms with Crippen molar-refractivity contribution in [1.29, 1.82) is 0 Å². The molecule has 0 aliphatic carbocycles. The van der Waals surface area contributed by atoms with Gasteiger partial charge in [-0.2, -0.15) is 0 Å². The zero-order valence-electron chi connectivity index (χ0n) is 13.1. The van der Waals surface area contributed by atoms with Crippen LogP contribution in [0.5, 0.6) is 5.75 Å². The molecule has 3 nitrogen and oxygen atoms in total.